The topological polar surface area (TPSA) is 84.2 Å². The van der Waals surface area contributed by atoms with Gasteiger partial charge in [-0.15, -0.1) is 11.3 Å². The monoisotopic (exact) mass is 351 g/mol. The molecule has 0 aromatic carbocycles. The van der Waals surface area contributed by atoms with Crippen molar-refractivity contribution in [3.63, 3.8) is 0 Å². The summed E-state index contributed by atoms with van der Waals surface area (Å²) in [6.07, 6.45) is 8.11. The van der Waals surface area contributed by atoms with Crippen LogP contribution in [0.2, 0.25) is 0 Å². The first-order chi connectivity index (χ1) is 11.1. The minimum absolute atomic E-state index is 0.0260. The molecule has 1 aromatic rings. The van der Waals surface area contributed by atoms with Crippen molar-refractivity contribution < 1.29 is 9.59 Å². The fourth-order valence-electron chi connectivity index (χ4n) is 3.45. The second kappa shape index (κ2) is 6.97. The summed E-state index contributed by atoms with van der Waals surface area (Å²) in [5.41, 5.74) is 7.16. The molecule has 0 spiro atoms. The third kappa shape index (κ3) is 3.55. The van der Waals surface area contributed by atoms with Crippen LogP contribution in [0.5, 0.6) is 0 Å². The SMILES string of the molecule is NC(=O)c1c(NC(=S)NC(=O)C2CCCC2)sc2c1CCCC2. The van der Waals surface area contributed by atoms with E-state index in [4.69, 9.17) is 18.0 Å². The first kappa shape index (κ1) is 16.4. The third-order valence-electron chi connectivity index (χ3n) is 4.61. The lowest BCUT2D eigenvalue weighted by Gasteiger charge is -2.13. The summed E-state index contributed by atoms with van der Waals surface area (Å²) in [5.74, 6) is -0.402. The molecule has 23 heavy (non-hydrogen) atoms. The summed E-state index contributed by atoms with van der Waals surface area (Å²) in [5, 5.41) is 6.69. The molecule has 0 aliphatic heterocycles. The molecule has 7 heteroatoms. The number of primary amides is 1. The third-order valence-corrected chi connectivity index (χ3v) is 6.02. The molecule has 2 amide bonds. The Bertz CT molecular complexity index is 648. The molecule has 2 aliphatic carbocycles. The molecule has 124 valence electrons. The van der Waals surface area contributed by atoms with Gasteiger partial charge in [0.25, 0.3) is 5.91 Å². The lowest BCUT2D eigenvalue weighted by molar-refractivity contribution is -0.123. The van der Waals surface area contributed by atoms with Crippen LogP contribution in [0.4, 0.5) is 5.00 Å². The Balaban J connectivity index is 1.71. The highest BCUT2D eigenvalue weighted by atomic mass is 32.1. The number of thiocarbonyl (C=S) groups is 1. The van der Waals surface area contributed by atoms with Gasteiger partial charge in [0, 0.05) is 10.8 Å². The average Bonchev–Trinajstić information content (AvgIpc) is 3.14. The minimum Gasteiger partial charge on any atom is -0.365 e. The van der Waals surface area contributed by atoms with E-state index in [2.05, 4.69) is 10.6 Å². The lowest BCUT2D eigenvalue weighted by atomic mass is 9.95. The molecule has 1 heterocycles. The minimum atomic E-state index is -0.434. The fourth-order valence-corrected chi connectivity index (χ4v) is 5.02. The highest BCUT2D eigenvalue weighted by Gasteiger charge is 2.26. The average molecular weight is 351 g/mol. The maximum atomic E-state index is 12.1. The Morgan fingerprint density at radius 2 is 1.83 bits per heavy atom. The summed E-state index contributed by atoms with van der Waals surface area (Å²) >= 11 is 6.77. The van der Waals surface area contributed by atoms with Gasteiger partial charge in [-0.2, -0.15) is 0 Å². The van der Waals surface area contributed by atoms with Crippen LogP contribution in [0, 0.1) is 5.92 Å². The first-order valence-electron chi connectivity index (χ1n) is 8.12. The van der Waals surface area contributed by atoms with Crippen LogP contribution in [0.15, 0.2) is 0 Å². The van der Waals surface area contributed by atoms with Crippen LogP contribution < -0.4 is 16.4 Å². The predicted molar refractivity (Wildman–Crippen MR) is 95.8 cm³/mol. The quantitative estimate of drug-likeness (QED) is 0.731. The second-order valence-electron chi connectivity index (χ2n) is 6.20. The van der Waals surface area contributed by atoms with Crippen LogP contribution >= 0.6 is 23.6 Å². The van der Waals surface area contributed by atoms with Gasteiger partial charge in [0.15, 0.2) is 5.11 Å². The Kier molecular flexibility index (Phi) is 4.96. The Morgan fingerprint density at radius 1 is 1.13 bits per heavy atom. The zero-order chi connectivity index (χ0) is 16.4. The van der Waals surface area contributed by atoms with E-state index in [0.29, 0.717) is 10.6 Å². The zero-order valence-corrected chi connectivity index (χ0v) is 14.6. The van der Waals surface area contributed by atoms with Crippen LogP contribution in [0.25, 0.3) is 0 Å². The van der Waals surface area contributed by atoms with Crippen LogP contribution in [0.1, 0.15) is 59.3 Å². The summed E-state index contributed by atoms with van der Waals surface area (Å²) in [7, 11) is 0. The lowest BCUT2D eigenvalue weighted by Crippen LogP contribution is -2.37. The number of hydrogen-bond donors (Lipinski definition) is 3. The zero-order valence-electron chi connectivity index (χ0n) is 12.9. The second-order valence-corrected chi connectivity index (χ2v) is 7.72. The molecule has 0 radical (unpaired) electrons. The number of anilines is 1. The summed E-state index contributed by atoms with van der Waals surface area (Å²) in [6, 6.07) is 0. The van der Waals surface area contributed by atoms with E-state index in [0.717, 1.165) is 56.9 Å². The maximum absolute atomic E-state index is 12.1. The van der Waals surface area contributed by atoms with Gasteiger partial charge in [0.1, 0.15) is 5.00 Å². The number of carbonyl (C=O) groups is 2. The number of aryl methyl sites for hydroxylation is 1. The van der Waals surface area contributed by atoms with Gasteiger partial charge < -0.3 is 16.4 Å². The number of fused-ring (bicyclic) bond motifs is 1. The van der Waals surface area contributed by atoms with Crippen molar-refractivity contribution in [2.24, 2.45) is 11.7 Å². The van der Waals surface area contributed by atoms with Gasteiger partial charge >= 0.3 is 0 Å². The van der Waals surface area contributed by atoms with Crippen molar-refractivity contribution in [3.8, 4) is 0 Å². The Hall–Kier alpha value is -1.47. The molecule has 3 rings (SSSR count). The molecule has 0 saturated heterocycles. The molecule has 0 unspecified atom stereocenters. The van der Waals surface area contributed by atoms with Crippen molar-refractivity contribution in [1.82, 2.24) is 5.32 Å². The molecular formula is C16H21N3O2S2. The number of nitrogens with one attached hydrogen (secondary N) is 2. The summed E-state index contributed by atoms with van der Waals surface area (Å²) < 4.78 is 0. The Morgan fingerprint density at radius 3 is 2.52 bits per heavy atom. The molecular weight excluding hydrogens is 330 g/mol. The van der Waals surface area contributed by atoms with E-state index in [-0.39, 0.29) is 16.9 Å². The standard InChI is InChI=1S/C16H21N3O2S2/c17-13(20)12-10-7-3-4-8-11(10)23-15(12)19-16(22)18-14(21)9-5-1-2-6-9/h9H,1-8H2,(H2,17,20)(H2,18,19,21,22). The number of amides is 2. The first-order valence-corrected chi connectivity index (χ1v) is 9.35. The van der Waals surface area contributed by atoms with Gasteiger partial charge in [-0.25, -0.2) is 0 Å². The van der Waals surface area contributed by atoms with Crippen molar-refractivity contribution in [3.05, 3.63) is 16.0 Å². The maximum Gasteiger partial charge on any atom is 0.251 e. The Labute approximate surface area is 145 Å². The summed E-state index contributed by atoms with van der Waals surface area (Å²) in [6.45, 7) is 0. The van der Waals surface area contributed by atoms with Crippen LogP contribution in [-0.4, -0.2) is 16.9 Å². The number of thiophene rings is 1. The number of hydrogen-bond acceptors (Lipinski definition) is 4. The highest BCUT2D eigenvalue weighted by molar-refractivity contribution is 7.80. The number of rotatable bonds is 3. The summed E-state index contributed by atoms with van der Waals surface area (Å²) in [4.78, 5) is 25.2. The molecule has 1 fully saturated rings. The molecule has 4 N–H and O–H groups in total. The fraction of sp³-hybridized carbons (Fsp3) is 0.562. The van der Waals surface area contributed by atoms with E-state index in [1.54, 1.807) is 0 Å². The van der Waals surface area contributed by atoms with E-state index in [1.165, 1.54) is 16.2 Å². The largest absolute Gasteiger partial charge is 0.365 e. The van der Waals surface area contributed by atoms with Gasteiger partial charge in [-0.05, 0) is 56.3 Å². The predicted octanol–water partition coefficient (Wildman–Crippen LogP) is 2.73. The highest BCUT2D eigenvalue weighted by Crippen LogP contribution is 2.37. The van der Waals surface area contributed by atoms with Crippen molar-refractivity contribution >= 4 is 45.5 Å². The molecule has 1 saturated carbocycles. The van der Waals surface area contributed by atoms with Gasteiger partial charge in [0.2, 0.25) is 5.91 Å². The molecule has 5 nitrogen and oxygen atoms in total. The van der Waals surface area contributed by atoms with Crippen LogP contribution in [-0.2, 0) is 17.6 Å². The number of nitrogens with two attached hydrogens (primary N) is 1. The van der Waals surface area contributed by atoms with E-state index in [1.807, 2.05) is 0 Å². The number of carbonyl (C=O) groups excluding carboxylic acids is 2. The van der Waals surface area contributed by atoms with Crippen molar-refractivity contribution in [2.75, 3.05) is 5.32 Å². The van der Waals surface area contributed by atoms with Crippen LogP contribution in [0.3, 0.4) is 0 Å². The van der Waals surface area contributed by atoms with Gasteiger partial charge in [-0.1, -0.05) is 12.8 Å². The van der Waals surface area contributed by atoms with E-state index < -0.39 is 5.91 Å². The van der Waals surface area contributed by atoms with E-state index in [9.17, 15) is 9.59 Å². The molecule has 2 aliphatic rings. The van der Waals surface area contributed by atoms with E-state index >= 15 is 0 Å². The van der Waals surface area contributed by atoms with Crippen molar-refractivity contribution in [1.29, 1.82) is 0 Å². The van der Waals surface area contributed by atoms with Gasteiger partial charge in [0.05, 0.1) is 5.56 Å². The molecule has 0 atom stereocenters. The smallest absolute Gasteiger partial charge is 0.251 e. The molecule has 1 aromatic heterocycles. The molecule has 0 bridgehead atoms. The van der Waals surface area contributed by atoms with Gasteiger partial charge in [-0.3, -0.25) is 9.59 Å². The normalized spacial score (nSPS) is 17.6. The van der Waals surface area contributed by atoms with Crippen molar-refractivity contribution in [2.45, 2.75) is 51.4 Å².